The Morgan fingerprint density at radius 3 is 2.43 bits per heavy atom. The number of benzene rings is 2. The number of urea groups is 1. The number of nitrogens with zero attached hydrogens (tertiary/aromatic N) is 4. The molecule has 10 heteroatoms. The van der Waals surface area contributed by atoms with Crippen LogP contribution in [-0.4, -0.2) is 54.4 Å². The Morgan fingerprint density at radius 2 is 1.77 bits per heavy atom. The third-order valence-corrected chi connectivity index (χ3v) is 5.80. The number of ether oxygens (including phenoxy) is 1. The summed E-state index contributed by atoms with van der Waals surface area (Å²) in [6.45, 7) is 1.12. The van der Waals surface area contributed by atoms with Crippen LogP contribution in [0.15, 0.2) is 60.9 Å². The molecule has 1 aliphatic heterocycles. The van der Waals surface area contributed by atoms with Gasteiger partial charge in [0.2, 0.25) is 5.95 Å². The average molecular weight is 486 g/mol. The number of aromatic nitrogens is 2. The predicted molar refractivity (Wildman–Crippen MR) is 127 cm³/mol. The van der Waals surface area contributed by atoms with Crippen LogP contribution in [0, 0.1) is 0 Å². The number of carbonyl (C=O) groups is 1. The Bertz CT molecular complexity index is 1150. The number of alkyl halides is 3. The Hall–Kier alpha value is -3.82. The molecule has 0 aliphatic carbocycles. The van der Waals surface area contributed by atoms with E-state index in [-0.39, 0.29) is 17.7 Å². The smallest absolute Gasteiger partial charge is 0.406 e. The summed E-state index contributed by atoms with van der Waals surface area (Å²) >= 11 is 0. The van der Waals surface area contributed by atoms with E-state index in [0.717, 1.165) is 29.5 Å². The molecule has 0 radical (unpaired) electrons. The highest BCUT2D eigenvalue weighted by Gasteiger charge is 2.31. The van der Waals surface area contributed by atoms with E-state index < -0.39 is 6.36 Å². The normalized spacial score (nSPS) is 16.0. The molecule has 1 unspecified atom stereocenters. The lowest BCUT2D eigenvalue weighted by molar-refractivity contribution is -0.274. The van der Waals surface area contributed by atoms with Crippen molar-refractivity contribution in [3.05, 3.63) is 66.5 Å². The lowest BCUT2D eigenvalue weighted by Crippen LogP contribution is -2.41. The van der Waals surface area contributed by atoms with Crippen LogP contribution in [-0.2, 0) is 0 Å². The van der Waals surface area contributed by atoms with Crippen LogP contribution >= 0.6 is 0 Å². The van der Waals surface area contributed by atoms with E-state index in [2.05, 4.69) is 26.1 Å². The minimum absolute atomic E-state index is 0.127. The molecule has 2 amide bonds. The van der Waals surface area contributed by atoms with E-state index in [1.807, 2.05) is 37.2 Å². The highest BCUT2D eigenvalue weighted by molar-refractivity contribution is 5.89. The lowest BCUT2D eigenvalue weighted by atomic mass is 9.86. The van der Waals surface area contributed by atoms with E-state index in [0.29, 0.717) is 24.7 Å². The second kappa shape index (κ2) is 10.2. The third-order valence-electron chi connectivity index (χ3n) is 5.80. The first-order valence-electron chi connectivity index (χ1n) is 11.2. The average Bonchev–Trinajstić information content (AvgIpc) is 2.84. The van der Waals surface area contributed by atoms with Crippen molar-refractivity contribution in [3.63, 3.8) is 0 Å². The molecule has 0 spiro atoms. The monoisotopic (exact) mass is 485 g/mol. The van der Waals surface area contributed by atoms with Crippen LogP contribution < -0.4 is 15.0 Å². The Balaban J connectivity index is 1.45. The van der Waals surface area contributed by atoms with Crippen LogP contribution in [0.2, 0.25) is 0 Å². The highest BCUT2D eigenvalue weighted by Crippen LogP contribution is 2.34. The van der Waals surface area contributed by atoms with E-state index in [1.54, 1.807) is 17.3 Å². The maximum atomic E-state index is 12.9. The van der Waals surface area contributed by atoms with Crippen LogP contribution in [0.25, 0.3) is 11.1 Å². The van der Waals surface area contributed by atoms with Gasteiger partial charge in [0, 0.05) is 56.7 Å². The second-order valence-electron chi connectivity index (χ2n) is 8.54. The molecular weight excluding hydrogens is 459 g/mol. The van der Waals surface area contributed by atoms with Gasteiger partial charge in [0.15, 0.2) is 0 Å². The first kappa shape index (κ1) is 24.3. The summed E-state index contributed by atoms with van der Waals surface area (Å²) in [7, 11) is 3.77. The molecule has 4 rings (SSSR count). The molecule has 3 aromatic rings. The maximum absolute atomic E-state index is 12.9. The van der Waals surface area contributed by atoms with Crippen LogP contribution in [0.1, 0.15) is 24.3 Å². The van der Waals surface area contributed by atoms with Gasteiger partial charge in [-0.15, -0.1) is 13.2 Å². The third kappa shape index (κ3) is 6.20. The van der Waals surface area contributed by atoms with Gasteiger partial charge in [0.05, 0.1) is 0 Å². The van der Waals surface area contributed by atoms with Gasteiger partial charge in [-0.1, -0.05) is 24.3 Å². The molecule has 1 saturated heterocycles. The van der Waals surface area contributed by atoms with Crippen molar-refractivity contribution >= 4 is 17.7 Å². The number of hydrogen-bond donors (Lipinski definition) is 1. The van der Waals surface area contributed by atoms with Crippen LogP contribution in [0.4, 0.5) is 29.6 Å². The van der Waals surface area contributed by atoms with Crippen molar-refractivity contribution in [1.29, 1.82) is 0 Å². The highest BCUT2D eigenvalue weighted by atomic mass is 19.4. The van der Waals surface area contributed by atoms with Crippen molar-refractivity contribution in [2.45, 2.75) is 25.1 Å². The van der Waals surface area contributed by atoms with Gasteiger partial charge in [0.25, 0.3) is 0 Å². The quantitative estimate of drug-likeness (QED) is 0.515. The maximum Gasteiger partial charge on any atom is 0.573 e. The van der Waals surface area contributed by atoms with Crippen molar-refractivity contribution in [3.8, 4) is 16.9 Å². The zero-order valence-corrected chi connectivity index (χ0v) is 19.4. The minimum Gasteiger partial charge on any atom is -0.406 e. The Labute approximate surface area is 201 Å². The number of piperidine rings is 1. The van der Waals surface area contributed by atoms with Gasteiger partial charge in [0.1, 0.15) is 5.75 Å². The number of amides is 2. The fraction of sp³-hybridized carbons (Fsp3) is 0.320. The number of hydrogen-bond acceptors (Lipinski definition) is 5. The van der Waals surface area contributed by atoms with Crippen molar-refractivity contribution in [1.82, 2.24) is 14.9 Å². The van der Waals surface area contributed by atoms with Gasteiger partial charge in [-0.3, -0.25) is 0 Å². The summed E-state index contributed by atoms with van der Waals surface area (Å²) in [5, 5.41) is 2.76. The molecule has 1 aliphatic rings. The fourth-order valence-electron chi connectivity index (χ4n) is 4.17. The number of nitrogens with one attached hydrogen (secondary N) is 1. The molecule has 1 atom stereocenters. The topological polar surface area (TPSA) is 70.6 Å². The zero-order valence-electron chi connectivity index (χ0n) is 19.4. The van der Waals surface area contributed by atoms with Crippen molar-refractivity contribution in [2.75, 3.05) is 37.4 Å². The first-order chi connectivity index (χ1) is 16.7. The number of likely N-dealkylation sites (tertiary alicyclic amines) is 1. The van der Waals surface area contributed by atoms with Crippen molar-refractivity contribution in [2.24, 2.45) is 0 Å². The Kier molecular flexibility index (Phi) is 7.09. The van der Waals surface area contributed by atoms with E-state index in [1.165, 1.54) is 24.3 Å². The Morgan fingerprint density at radius 1 is 1.09 bits per heavy atom. The summed E-state index contributed by atoms with van der Waals surface area (Å²) in [6.07, 6.45) is 0.618. The van der Waals surface area contributed by atoms with E-state index in [9.17, 15) is 18.0 Å². The SMILES string of the molecule is CN(C)c1ncc(-c2ccccc2C2CCCN(C(=O)Nc3ccc(OC(F)(F)F)cc3)C2)cn1. The molecular formula is C25H26F3N5O2. The largest absolute Gasteiger partial charge is 0.573 e. The summed E-state index contributed by atoms with van der Waals surface area (Å²) < 4.78 is 40.9. The first-order valence-corrected chi connectivity index (χ1v) is 11.2. The number of halogens is 3. The zero-order chi connectivity index (χ0) is 25.0. The number of anilines is 2. The second-order valence-corrected chi connectivity index (χ2v) is 8.54. The van der Waals surface area contributed by atoms with E-state index in [4.69, 9.17) is 0 Å². The van der Waals surface area contributed by atoms with Gasteiger partial charge in [-0.2, -0.15) is 0 Å². The molecule has 184 valence electrons. The van der Waals surface area contributed by atoms with E-state index >= 15 is 0 Å². The summed E-state index contributed by atoms with van der Waals surface area (Å²) in [5.41, 5.74) is 3.46. The molecule has 1 fully saturated rings. The lowest BCUT2D eigenvalue weighted by Gasteiger charge is -2.34. The van der Waals surface area contributed by atoms with Crippen LogP contribution in [0.3, 0.4) is 0 Å². The molecule has 1 aromatic heterocycles. The number of rotatable bonds is 5. The van der Waals surface area contributed by atoms with Gasteiger partial charge >= 0.3 is 12.4 Å². The predicted octanol–water partition coefficient (Wildman–Crippen LogP) is 5.52. The summed E-state index contributed by atoms with van der Waals surface area (Å²) in [5.74, 6) is 0.416. The van der Waals surface area contributed by atoms with Gasteiger partial charge in [-0.25, -0.2) is 14.8 Å². The number of carbonyl (C=O) groups excluding carboxylic acids is 1. The molecule has 0 bridgehead atoms. The standard InChI is InChI=1S/C25H26F3N5O2/c1-32(2)23-29-14-18(15-30-23)22-8-4-3-7-21(22)17-6-5-13-33(16-17)24(34)31-19-9-11-20(12-10-19)35-25(26,27)28/h3-4,7-12,14-15,17H,5-6,13,16H2,1-2H3,(H,31,34). The molecule has 35 heavy (non-hydrogen) atoms. The van der Waals surface area contributed by atoms with Gasteiger partial charge < -0.3 is 19.9 Å². The molecule has 2 aromatic carbocycles. The summed E-state index contributed by atoms with van der Waals surface area (Å²) in [4.78, 5) is 25.3. The van der Waals surface area contributed by atoms with Crippen LogP contribution in [0.5, 0.6) is 5.75 Å². The molecule has 7 nitrogen and oxygen atoms in total. The van der Waals surface area contributed by atoms with Crippen molar-refractivity contribution < 1.29 is 22.7 Å². The summed E-state index contributed by atoms with van der Waals surface area (Å²) in [6, 6.07) is 12.9. The molecule has 1 N–H and O–H groups in total. The fourth-order valence-corrected chi connectivity index (χ4v) is 4.17. The van der Waals surface area contributed by atoms with Gasteiger partial charge in [-0.05, 0) is 48.2 Å². The molecule has 0 saturated carbocycles. The minimum atomic E-state index is -4.76. The molecule has 2 heterocycles.